The van der Waals surface area contributed by atoms with E-state index in [2.05, 4.69) is 15.3 Å². The lowest BCUT2D eigenvalue weighted by molar-refractivity contribution is 0.214. The molecule has 3 rings (SSSR count). The van der Waals surface area contributed by atoms with Gasteiger partial charge in [-0.05, 0) is 37.3 Å². The van der Waals surface area contributed by atoms with E-state index in [4.69, 9.17) is 4.74 Å². The lowest BCUT2D eigenvalue weighted by Crippen LogP contribution is -2.04. The number of aromatic nitrogens is 4. The van der Waals surface area contributed by atoms with E-state index < -0.39 is 6.10 Å². The van der Waals surface area contributed by atoms with E-state index in [-0.39, 0.29) is 0 Å². The van der Waals surface area contributed by atoms with Crippen molar-refractivity contribution in [3.63, 3.8) is 0 Å². The fourth-order valence-electron chi connectivity index (χ4n) is 2.26. The number of hydrogen-bond acceptors (Lipinski definition) is 5. The van der Waals surface area contributed by atoms with Crippen molar-refractivity contribution < 1.29 is 9.84 Å². The molecule has 0 fully saturated rings. The highest BCUT2D eigenvalue weighted by Crippen LogP contribution is 2.24. The number of hydrogen-bond donors (Lipinski definition) is 1. The summed E-state index contributed by atoms with van der Waals surface area (Å²) >= 11 is 0. The van der Waals surface area contributed by atoms with E-state index in [9.17, 15) is 5.11 Å². The molecule has 3 aromatic rings. The van der Waals surface area contributed by atoms with Crippen molar-refractivity contribution in [2.75, 3.05) is 7.11 Å². The van der Waals surface area contributed by atoms with Gasteiger partial charge in [0.2, 0.25) is 0 Å². The van der Waals surface area contributed by atoms with E-state index >= 15 is 0 Å². The summed E-state index contributed by atoms with van der Waals surface area (Å²) in [4.78, 5) is 4.02. The first-order valence-electron chi connectivity index (χ1n) is 6.85. The molecule has 6 nitrogen and oxygen atoms in total. The summed E-state index contributed by atoms with van der Waals surface area (Å²) in [5.74, 6) is 0.775. The highest BCUT2D eigenvalue weighted by Gasteiger charge is 2.19. The Morgan fingerprint density at radius 2 is 1.95 bits per heavy atom. The number of nitrogens with zero attached hydrogens (tertiary/aromatic N) is 4. The second kappa shape index (κ2) is 5.95. The summed E-state index contributed by atoms with van der Waals surface area (Å²) in [5, 5.41) is 18.7. The average Bonchev–Trinajstić information content (AvgIpc) is 2.96. The first-order valence-corrected chi connectivity index (χ1v) is 6.85. The molecule has 0 radical (unpaired) electrons. The fraction of sp³-hybridized carbons (Fsp3) is 0.188. The second-order valence-electron chi connectivity index (χ2n) is 4.86. The minimum absolute atomic E-state index is 0.517. The van der Waals surface area contributed by atoms with Gasteiger partial charge in [-0.3, -0.25) is 4.98 Å². The monoisotopic (exact) mass is 296 g/mol. The number of methoxy groups -OCH3 is 1. The third-order valence-corrected chi connectivity index (χ3v) is 3.51. The van der Waals surface area contributed by atoms with Gasteiger partial charge in [0.25, 0.3) is 0 Å². The van der Waals surface area contributed by atoms with Crippen molar-refractivity contribution in [3.8, 4) is 11.4 Å². The van der Waals surface area contributed by atoms with Crippen LogP contribution in [0.3, 0.4) is 0 Å². The quantitative estimate of drug-likeness (QED) is 0.798. The lowest BCUT2D eigenvalue weighted by atomic mass is 10.1. The molecule has 112 valence electrons. The molecule has 0 spiro atoms. The molecule has 0 bridgehead atoms. The van der Waals surface area contributed by atoms with Crippen molar-refractivity contribution >= 4 is 0 Å². The molecule has 0 aliphatic rings. The molecule has 1 aromatic carbocycles. The van der Waals surface area contributed by atoms with E-state index in [1.807, 2.05) is 37.3 Å². The third-order valence-electron chi connectivity index (χ3n) is 3.51. The van der Waals surface area contributed by atoms with Gasteiger partial charge in [0.05, 0.1) is 18.5 Å². The van der Waals surface area contributed by atoms with Crippen molar-refractivity contribution in [2.24, 2.45) is 0 Å². The summed E-state index contributed by atoms with van der Waals surface area (Å²) in [6, 6.07) is 11.1. The summed E-state index contributed by atoms with van der Waals surface area (Å²) in [7, 11) is 1.62. The highest BCUT2D eigenvalue weighted by atomic mass is 16.5. The number of aliphatic hydroxyl groups excluding tert-OH is 1. The molecule has 0 aliphatic heterocycles. The number of benzene rings is 1. The second-order valence-corrected chi connectivity index (χ2v) is 4.86. The van der Waals surface area contributed by atoms with Crippen LogP contribution >= 0.6 is 0 Å². The molecule has 2 heterocycles. The molecular formula is C16H16N4O2. The highest BCUT2D eigenvalue weighted by molar-refractivity contribution is 5.39. The van der Waals surface area contributed by atoms with Crippen LogP contribution in [0.25, 0.3) is 5.69 Å². The Bertz CT molecular complexity index is 754. The Labute approximate surface area is 128 Å². The van der Waals surface area contributed by atoms with Crippen LogP contribution < -0.4 is 4.74 Å². The largest absolute Gasteiger partial charge is 0.497 e. The maximum Gasteiger partial charge on any atom is 0.126 e. The summed E-state index contributed by atoms with van der Waals surface area (Å²) in [5.41, 5.74) is 2.84. The summed E-state index contributed by atoms with van der Waals surface area (Å²) < 4.78 is 6.83. The van der Waals surface area contributed by atoms with Gasteiger partial charge in [-0.2, -0.15) is 0 Å². The molecule has 0 amide bonds. The van der Waals surface area contributed by atoms with E-state index in [1.165, 1.54) is 0 Å². The molecule has 22 heavy (non-hydrogen) atoms. The molecule has 1 atom stereocenters. The Hall–Kier alpha value is -2.73. The van der Waals surface area contributed by atoms with Crippen LogP contribution in [0.15, 0.2) is 48.8 Å². The van der Waals surface area contributed by atoms with E-state index in [0.29, 0.717) is 11.3 Å². The van der Waals surface area contributed by atoms with Gasteiger partial charge in [0.15, 0.2) is 0 Å². The minimum Gasteiger partial charge on any atom is -0.497 e. The van der Waals surface area contributed by atoms with Gasteiger partial charge < -0.3 is 9.84 Å². The zero-order valence-electron chi connectivity index (χ0n) is 12.3. The van der Waals surface area contributed by atoms with Crippen LogP contribution in [0.5, 0.6) is 5.75 Å². The zero-order chi connectivity index (χ0) is 15.5. The number of rotatable bonds is 4. The fourth-order valence-corrected chi connectivity index (χ4v) is 2.26. The molecular weight excluding hydrogens is 280 g/mol. The van der Waals surface area contributed by atoms with Crippen molar-refractivity contribution in [1.29, 1.82) is 0 Å². The van der Waals surface area contributed by atoms with Gasteiger partial charge in [-0.25, -0.2) is 4.68 Å². The normalized spacial score (nSPS) is 12.1. The summed E-state index contributed by atoms with van der Waals surface area (Å²) in [6.45, 7) is 1.87. The van der Waals surface area contributed by atoms with Crippen LogP contribution in [0.1, 0.15) is 23.1 Å². The van der Waals surface area contributed by atoms with Gasteiger partial charge >= 0.3 is 0 Å². The van der Waals surface area contributed by atoms with Gasteiger partial charge in [-0.1, -0.05) is 11.3 Å². The SMILES string of the molecule is COc1ccc(-n2nnc(C(O)c3cccnc3)c2C)cc1. The van der Waals surface area contributed by atoms with Gasteiger partial charge in [0.1, 0.15) is 17.5 Å². The lowest BCUT2D eigenvalue weighted by Gasteiger charge is -2.09. The molecule has 1 unspecified atom stereocenters. The Balaban J connectivity index is 1.94. The first-order chi connectivity index (χ1) is 10.7. The van der Waals surface area contributed by atoms with Crippen LogP contribution in [-0.4, -0.2) is 32.2 Å². The van der Waals surface area contributed by atoms with Gasteiger partial charge in [0, 0.05) is 18.0 Å². The maximum absolute atomic E-state index is 10.4. The molecule has 2 aromatic heterocycles. The molecule has 0 saturated carbocycles. The molecule has 0 saturated heterocycles. The van der Waals surface area contributed by atoms with E-state index in [0.717, 1.165) is 17.1 Å². The van der Waals surface area contributed by atoms with Crippen molar-refractivity contribution in [1.82, 2.24) is 20.0 Å². The van der Waals surface area contributed by atoms with Crippen LogP contribution in [0, 0.1) is 6.92 Å². The average molecular weight is 296 g/mol. The number of pyridine rings is 1. The Kier molecular flexibility index (Phi) is 3.84. The van der Waals surface area contributed by atoms with Crippen molar-refractivity contribution in [2.45, 2.75) is 13.0 Å². The third kappa shape index (κ3) is 2.56. The maximum atomic E-state index is 10.4. The summed E-state index contributed by atoms with van der Waals surface area (Å²) in [6.07, 6.45) is 2.44. The predicted octanol–water partition coefficient (Wildman–Crippen LogP) is 2.06. The number of aliphatic hydroxyl groups is 1. The number of ether oxygens (including phenoxy) is 1. The molecule has 1 N–H and O–H groups in total. The van der Waals surface area contributed by atoms with Crippen LogP contribution in [0.4, 0.5) is 0 Å². The Morgan fingerprint density at radius 3 is 2.59 bits per heavy atom. The van der Waals surface area contributed by atoms with Crippen LogP contribution in [0.2, 0.25) is 0 Å². The molecule has 6 heteroatoms. The smallest absolute Gasteiger partial charge is 0.126 e. The standard InChI is InChI=1S/C16H16N4O2/c1-11-15(16(21)12-4-3-9-17-10-12)18-19-20(11)13-5-7-14(22-2)8-6-13/h3-10,16,21H,1-2H3. The Morgan fingerprint density at radius 1 is 1.18 bits per heavy atom. The van der Waals surface area contributed by atoms with Crippen molar-refractivity contribution in [3.05, 3.63) is 65.7 Å². The first kappa shape index (κ1) is 14.2. The minimum atomic E-state index is -0.847. The van der Waals surface area contributed by atoms with Gasteiger partial charge in [-0.15, -0.1) is 5.10 Å². The molecule has 0 aliphatic carbocycles. The predicted molar refractivity (Wildman–Crippen MR) is 80.9 cm³/mol. The van der Waals surface area contributed by atoms with Crippen LogP contribution in [-0.2, 0) is 0 Å². The van der Waals surface area contributed by atoms with E-state index in [1.54, 1.807) is 30.3 Å². The zero-order valence-corrected chi connectivity index (χ0v) is 12.3. The topological polar surface area (TPSA) is 73.1 Å².